The van der Waals surface area contributed by atoms with Gasteiger partial charge in [-0.3, -0.25) is 0 Å². The molecular formula is C10H8FO5S-. The molecule has 0 saturated heterocycles. The van der Waals surface area contributed by atoms with Crippen molar-refractivity contribution in [2.75, 3.05) is 0 Å². The number of aryl methyl sites for hydroxylation is 1. The molecule has 1 aromatic carbocycles. The molecule has 0 aliphatic carbocycles. The van der Waals surface area contributed by atoms with E-state index in [1.54, 1.807) is 0 Å². The van der Waals surface area contributed by atoms with Gasteiger partial charge in [-0.15, -0.1) is 0 Å². The van der Waals surface area contributed by atoms with E-state index >= 15 is 0 Å². The van der Waals surface area contributed by atoms with Crippen molar-refractivity contribution in [2.24, 2.45) is 0 Å². The Kier molecular flexibility index (Phi) is 3.64. The van der Waals surface area contributed by atoms with Crippen molar-refractivity contribution in [1.29, 1.82) is 0 Å². The van der Waals surface area contributed by atoms with Gasteiger partial charge in [0.25, 0.3) is 0 Å². The number of ether oxygens (including phenoxy) is 1. The lowest BCUT2D eigenvalue weighted by Gasteiger charge is -2.11. The molecule has 0 unspecified atom stereocenters. The molecule has 0 atom stereocenters. The Labute approximate surface area is 97.3 Å². The fourth-order valence-electron chi connectivity index (χ4n) is 1.09. The van der Waals surface area contributed by atoms with Gasteiger partial charge in [-0.05, 0) is 18.6 Å². The molecule has 0 radical (unpaired) electrons. The molecule has 5 nitrogen and oxygen atoms in total. The molecule has 0 saturated carbocycles. The van der Waals surface area contributed by atoms with Crippen LogP contribution < -0.4 is 4.74 Å². The van der Waals surface area contributed by atoms with E-state index < -0.39 is 26.8 Å². The van der Waals surface area contributed by atoms with Crippen molar-refractivity contribution >= 4 is 16.1 Å². The van der Waals surface area contributed by atoms with Gasteiger partial charge in [-0.25, -0.2) is 17.6 Å². The van der Waals surface area contributed by atoms with E-state index in [0.717, 1.165) is 12.1 Å². The zero-order chi connectivity index (χ0) is 13.2. The van der Waals surface area contributed by atoms with Crippen LogP contribution in [0.5, 0.6) is 5.75 Å². The van der Waals surface area contributed by atoms with Gasteiger partial charge in [0.2, 0.25) is 0 Å². The highest BCUT2D eigenvalue weighted by Crippen LogP contribution is 2.25. The number of hydrogen-bond acceptors (Lipinski definition) is 5. The van der Waals surface area contributed by atoms with Crippen LogP contribution >= 0.6 is 0 Å². The van der Waals surface area contributed by atoms with E-state index in [-0.39, 0.29) is 11.3 Å². The van der Waals surface area contributed by atoms with Crippen molar-refractivity contribution in [1.82, 2.24) is 0 Å². The van der Waals surface area contributed by atoms with Crippen molar-refractivity contribution in [3.8, 4) is 5.75 Å². The first-order valence-electron chi connectivity index (χ1n) is 4.36. The van der Waals surface area contributed by atoms with Crippen molar-refractivity contribution in [2.45, 2.75) is 11.8 Å². The van der Waals surface area contributed by atoms with Gasteiger partial charge in [0.05, 0.1) is 4.90 Å². The van der Waals surface area contributed by atoms with Crippen LogP contribution in [-0.4, -0.2) is 18.9 Å². The standard InChI is InChI=1S/C10H9FO5S/c1-3-10(12)16-8-5-7(11)9(4-6(8)2)17(13,14)15/h3-5H,1H2,2H3,(H,13,14,15)/p-1. The van der Waals surface area contributed by atoms with Crippen LogP contribution in [0.3, 0.4) is 0 Å². The van der Waals surface area contributed by atoms with E-state index in [1.165, 1.54) is 6.92 Å². The number of esters is 1. The van der Waals surface area contributed by atoms with Crippen LogP contribution in [0.4, 0.5) is 4.39 Å². The summed E-state index contributed by atoms with van der Waals surface area (Å²) < 4.78 is 50.0. The summed E-state index contributed by atoms with van der Waals surface area (Å²) in [7, 11) is -4.89. The number of rotatable bonds is 3. The molecule has 1 rings (SSSR count). The van der Waals surface area contributed by atoms with Crippen LogP contribution in [0.15, 0.2) is 29.7 Å². The summed E-state index contributed by atoms with van der Waals surface area (Å²) in [5, 5.41) is 0. The van der Waals surface area contributed by atoms with E-state index in [9.17, 15) is 22.2 Å². The third-order valence-corrected chi connectivity index (χ3v) is 2.73. The fourth-order valence-corrected chi connectivity index (χ4v) is 1.71. The first kappa shape index (κ1) is 13.3. The monoisotopic (exact) mass is 259 g/mol. The summed E-state index contributed by atoms with van der Waals surface area (Å²) >= 11 is 0. The Morgan fingerprint density at radius 3 is 2.59 bits per heavy atom. The predicted octanol–water partition coefficient (Wildman–Crippen LogP) is 1.13. The molecule has 0 amide bonds. The maximum atomic E-state index is 13.3. The van der Waals surface area contributed by atoms with E-state index in [4.69, 9.17) is 0 Å². The average Bonchev–Trinajstić information content (AvgIpc) is 2.21. The maximum Gasteiger partial charge on any atom is 0.335 e. The summed E-state index contributed by atoms with van der Waals surface area (Å²) in [4.78, 5) is 9.91. The lowest BCUT2D eigenvalue weighted by atomic mass is 10.2. The molecule has 7 heteroatoms. The second-order valence-corrected chi connectivity index (χ2v) is 4.48. The topological polar surface area (TPSA) is 83.5 Å². The van der Waals surface area contributed by atoms with E-state index in [1.807, 2.05) is 0 Å². The fraction of sp³-hybridized carbons (Fsp3) is 0.100. The molecule has 0 fully saturated rings. The van der Waals surface area contributed by atoms with Crippen LogP contribution in [0.2, 0.25) is 0 Å². The smallest absolute Gasteiger partial charge is 0.335 e. The normalized spacial score (nSPS) is 11.0. The molecule has 0 aliphatic rings. The first-order chi connectivity index (χ1) is 7.75. The molecule has 17 heavy (non-hydrogen) atoms. The maximum absolute atomic E-state index is 13.3. The first-order valence-corrected chi connectivity index (χ1v) is 5.77. The Morgan fingerprint density at radius 2 is 2.12 bits per heavy atom. The number of benzene rings is 1. The number of carbonyl (C=O) groups excluding carboxylic acids is 1. The molecule has 0 spiro atoms. The molecule has 0 bridgehead atoms. The number of halogens is 1. The zero-order valence-corrected chi connectivity index (χ0v) is 9.58. The molecule has 1 aromatic rings. The van der Waals surface area contributed by atoms with Gasteiger partial charge < -0.3 is 9.29 Å². The van der Waals surface area contributed by atoms with Gasteiger partial charge in [0.15, 0.2) is 0 Å². The van der Waals surface area contributed by atoms with Gasteiger partial charge >= 0.3 is 5.97 Å². The number of hydrogen-bond donors (Lipinski definition) is 0. The molecule has 0 N–H and O–H groups in total. The van der Waals surface area contributed by atoms with Crippen LogP contribution in [0.25, 0.3) is 0 Å². The van der Waals surface area contributed by atoms with Gasteiger partial charge in [0, 0.05) is 12.1 Å². The molecule has 0 aromatic heterocycles. The minimum atomic E-state index is -4.89. The highest BCUT2D eigenvalue weighted by molar-refractivity contribution is 7.85. The second-order valence-electron chi connectivity index (χ2n) is 3.13. The summed E-state index contributed by atoms with van der Waals surface area (Å²) in [6, 6.07) is 1.48. The Morgan fingerprint density at radius 1 is 1.53 bits per heavy atom. The van der Waals surface area contributed by atoms with Gasteiger partial charge in [-0.2, -0.15) is 0 Å². The van der Waals surface area contributed by atoms with Crippen molar-refractivity contribution in [3.63, 3.8) is 0 Å². The highest BCUT2D eigenvalue weighted by Gasteiger charge is 2.14. The van der Waals surface area contributed by atoms with Crippen LogP contribution in [0.1, 0.15) is 5.56 Å². The summed E-state index contributed by atoms with van der Waals surface area (Å²) in [6.07, 6.45) is 0.871. The lowest BCUT2D eigenvalue weighted by Crippen LogP contribution is -2.07. The zero-order valence-electron chi connectivity index (χ0n) is 8.77. The third kappa shape index (κ3) is 3.11. The Bertz CT molecular complexity index is 577. The third-order valence-electron chi connectivity index (χ3n) is 1.88. The van der Waals surface area contributed by atoms with E-state index in [0.29, 0.717) is 6.07 Å². The predicted molar refractivity (Wildman–Crippen MR) is 54.9 cm³/mol. The summed E-state index contributed by atoms with van der Waals surface area (Å²) in [5.41, 5.74) is 0.149. The average molecular weight is 259 g/mol. The molecule has 0 heterocycles. The quantitative estimate of drug-likeness (QED) is 0.351. The number of carbonyl (C=O) groups is 1. The van der Waals surface area contributed by atoms with Gasteiger partial charge in [-0.1, -0.05) is 6.58 Å². The minimum absolute atomic E-state index is 0.149. The molecular weight excluding hydrogens is 251 g/mol. The van der Waals surface area contributed by atoms with Crippen LogP contribution in [0, 0.1) is 12.7 Å². The minimum Gasteiger partial charge on any atom is -0.744 e. The largest absolute Gasteiger partial charge is 0.744 e. The van der Waals surface area contributed by atoms with Gasteiger partial charge in [0.1, 0.15) is 21.7 Å². The molecule has 92 valence electrons. The Balaban J connectivity index is 3.28. The summed E-state index contributed by atoms with van der Waals surface area (Å²) in [6.45, 7) is 4.53. The van der Waals surface area contributed by atoms with E-state index in [2.05, 4.69) is 11.3 Å². The SMILES string of the molecule is C=CC(=O)Oc1cc(F)c(S(=O)(=O)[O-])cc1C. The second kappa shape index (κ2) is 4.64. The van der Waals surface area contributed by atoms with Crippen molar-refractivity contribution < 1.29 is 26.9 Å². The lowest BCUT2D eigenvalue weighted by molar-refractivity contribution is -0.129. The highest BCUT2D eigenvalue weighted by atomic mass is 32.2. The summed E-state index contributed by atoms with van der Waals surface area (Å²) in [5.74, 6) is -2.25. The Hall–Kier alpha value is -1.73. The van der Waals surface area contributed by atoms with Crippen LogP contribution in [-0.2, 0) is 14.9 Å². The molecule has 0 aliphatic heterocycles. The van der Waals surface area contributed by atoms with Crippen molar-refractivity contribution in [3.05, 3.63) is 36.2 Å².